The summed E-state index contributed by atoms with van der Waals surface area (Å²) in [5, 5.41) is 6.47. The van der Waals surface area contributed by atoms with E-state index in [2.05, 4.69) is 24.5 Å². The van der Waals surface area contributed by atoms with Crippen LogP contribution in [0.3, 0.4) is 0 Å². The zero-order valence-electron chi connectivity index (χ0n) is 12.6. The van der Waals surface area contributed by atoms with Gasteiger partial charge in [-0.3, -0.25) is 4.79 Å². The monoisotopic (exact) mass is 270 g/mol. The molecule has 1 heterocycles. The number of nitrogens with one attached hydrogen (secondary N) is 2. The van der Waals surface area contributed by atoms with Crippen molar-refractivity contribution in [2.75, 3.05) is 32.8 Å². The molecule has 0 aromatic rings. The second kappa shape index (κ2) is 9.32. The van der Waals surface area contributed by atoms with Crippen molar-refractivity contribution in [1.29, 1.82) is 0 Å². The molecule has 1 rings (SSSR count). The van der Waals surface area contributed by atoms with Gasteiger partial charge in [0, 0.05) is 26.3 Å². The zero-order valence-corrected chi connectivity index (χ0v) is 12.6. The standard InChI is InChI=1S/C15H30N2O2/c1-3-7-15(8-5-9-16-13-15)14(18)17-10-6-12-19-11-4-2/h16H,3-13H2,1-2H3,(H,17,18). The van der Waals surface area contributed by atoms with E-state index in [0.717, 1.165) is 71.4 Å². The summed E-state index contributed by atoms with van der Waals surface area (Å²) in [6.45, 7) is 8.43. The molecule has 1 atom stereocenters. The second-order valence-corrected chi connectivity index (χ2v) is 5.53. The highest BCUT2D eigenvalue weighted by Gasteiger charge is 2.38. The van der Waals surface area contributed by atoms with Crippen LogP contribution in [0.25, 0.3) is 0 Å². The van der Waals surface area contributed by atoms with Crippen molar-refractivity contribution in [3.63, 3.8) is 0 Å². The van der Waals surface area contributed by atoms with E-state index in [9.17, 15) is 4.79 Å². The number of hydrogen-bond donors (Lipinski definition) is 2. The fourth-order valence-corrected chi connectivity index (χ4v) is 2.78. The Morgan fingerprint density at radius 2 is 2.16 bits per heavy atom. The van der Waals surface area contributed by atoms with Crippen molar-refractivity contribution >= 4 is 5.91 Å². The molecular formula is C15H30N2O2. The van der Waals surface area contributed by atoms with E-state index in [1.165, 1.54) is 0 Å². The molecule has 19 heavy (non-hydrogen) atoms. The fourth-order valence-electron chi connectivity index (χ4n) is 2.78. The van der Waals surface area contributed by atoms with E-state index in [1.807, 2.05) is 0 Å². The van der Waals surface area contributed by atoms with E-state index in [0.29, 0.717) is 0 Å². The third-order valence-corrected chi connectivity index (χ3v) is 3.78. The molecule has 1 fully saturated rings. The highest BCUT2D eigenvalue weighted by Crippen LogP contribution is 2.31. The molecule has 1 aliphatic heterocycles. The lowest BCUT2D eigenvalue weighted by atomic mass is 9.76. The smallest absolute Gasteiger partial charge is 0.227 e. The lowest BCUT2D eigenvalue weighted by Gasteiger charge is -2.36. The quantitative estimate of drug-likeness (QED) is 0.631. The number of carbonyl (C=O) groups is 1. The molecule has 0 spiro atoms. The number of amides is 1. The van der Waals surface area contributed by atoms with Gasteiger partial charge < -0.3 is 15.4 Å². The summed E-state index contributed by atoms with van der Waals surface area (Å²) in [5.74, 6) is 0.233. The Balaban J connectivity index is 2.28. The molecule has 0 bridgehead atoms. The molecule has 0 aliphatic carbocycles. The minimum atomic E-state index is -0.169. The van der Waals surface area contributed by atoms with Crippen molar-refractivity contribution in [1.82, 2.24) is 10.6 Å². The average Bonchev–Trinajstić information content (AvgIpc) is 2.44. The van der Waals surface area contributed by atoms with Gasteiger partial charge in [-0.1, -0.05) is 20.3 Å². The van der Waals surface area contributed by atoms with E-state index in [4.69, 9.17) is 4.74 Å². The summed E-state index contributed by atoms with van der Waals surface area (Å²) in [7, 11) is 0. The molecule has 1 unspecified atom stereocenters. The van der Waals surface area contributed by atoms with Gasteiger partial charge >= 0.3 is 0 Å². The maximum absolute atomic E-state index is 12.4. The zero-order chi connectivity index (χ0) is 14.0. The van der Waals surface area contributed by atoms with Gasteiger partial charge in [0.15, 0.2) is 0 Å². The maximum atomic E-state index is 12.4. The first-order valence-corrected chi connectivity index (χ1v) is 7.82. The topological polar surface area (TPSA) is 50.4 Å². The predicted octanol–water partition coefficient (Wildman–Crippen LogP) is 2.09. The van der Waals surface area contributed by atoms with Crippen LogP contribution in [0.4, 0.5) is 0 Å². The van der Waals surface area contributed by atoms with Crippen molar-refractivity contribution < 1.29 is 9.53 Å². The number of ether oxygens (including phenoxy) is 1. The summed E-state index contributed by atoms with van der Waals surface area (Å²) in [4.78, 5) is 12.4. The van der Waals surface area contributed by atoms with E-state index < -0.39 is 0 Å². The van der Waals surface area contributed by atoms with Crippen LogP contribution in [0.15, 0.2) is 0 Å². The van der Waals surface area contributed by atoms with Crippen molar-refractivity contribution in [3.8, 4) is 0 Å². The molecule has 1 amide bonds. The van der Waals surface area contributed by atoms with Gasteiger partial charge in [-0.25, -0.2) is 0 Å². The van der Waals surface area contributed by atoms with E-state index in [1.54, 1.807) is 0 Å². The molecule has 4 heteroatoms. The Kier molecular flexibility index (Phi) is 8.07. The largest absolute Gasteiger partial charge is 0.381 e. The molecule has 1 saturated heterocycles. The number of piperidine rings is 1. The van der Waals surface area contributed by atoms with Gasteiger partial charge in [0.25, 0.3) is 0 Å². The highest BCUT2D eigenvalue weighted by atomic mass is 16.5. The minimum absolute atomic E-state index is 0.169. The van der Waals surface area contributed by atoms with Crippen LogP contribution in [0.1, 0.15) is 52.4 Å². The second-order valence-electron chi connectivity index (χ2n) is 5.53. The van der Waals surface area contributed by atoms with E-state index >= 15 is 0 Å². The summed E-state index contributed by atoms with van der Waals surface area (Å²) in [6.07, 6.45) is 6.13. The van der Waals surface area contributed by atoms with Gasteiger partial charge in [0.05, 0.1) is 5.41 Å². The van der Waals surface area contributed by atoms with Crippen molar-refractivity contribution in [3.05, 3.63) is 0 Å². The predicted molar refractivity (Wildman–Crippen MR) is 78.2 cm³/mol. The normalized spacial score (nSPS) is 23.3. The molecule has 0 aromatic carbocycles. The molecule has 0 aromatic heterocycles. The first-order chi connectivity index (χ1) is 9.25. The molecule has 1 aliphatic rings. The molecule has 112 valence electrons. The Hall–Kier alpha value is -0.610. The summed E-state index contributed by atoms with van der Waals surface area (Å²) >= 11 is 0. The lowest BCUT2D eigenvalue weighted by Crippen LogP contribution is -2.50. The third-order valence-electron chi connectivity index (χ3n) is 3.78. The SMILES string of the molecule is CCCOCCCNC(=O)C1(CCC)CCCNC1. The van der Waals surface area contributed by atoms with Gasteiger partial charge in [0.1, 0.15) is 0 Å². The minimum Gasteiger partial charge on any atom is -0.381 e. The molecule has 0 radical (unpaired) electrons. The van der Waals surface area contributed by atoms with Crippen LogP contribution in [-0.2, 0) is 9.53 Å². The summed E-state index contributed by atoms with van der Waals surface area (Å²) < 4.78 is 5.42. The van der Waals surface area contributed by atoms with Crippen molar-refractivity contribution in [2.24, 2.45) is 5.41 Å². The van der Waals surface area contributed by atoms with Crippen LogP contribution in [-0.4, -0.2) is 38.8 Å². The fraction of sp³-hybridized carbons (Fsp3) is 0.933. The molecular weight excluding hydrogens is 240 g/mol. The number of hydrogen-bond acceptors (Lipinski definition) is 3. The first kappa shape index (κ1) is 16.4. The van der Waals surface area contributed by atoms with Crippen LogP contribution >= 0.6 is 0 Å². The first-order valence-electron chi connectivity index (χ1n) is 7.82. The van der Waals surface area contributed by atoms with Gasteiger partial charge in [-0.15, -0.1) is 0 Å². The van der Waals surface area contributed by atoms with Gasteiger partial charge in [-0.05, 0) is 38.6 Å². The Morgan fingerprint density at radius 3 is 2.79 bits per heavy atom. The molecule has 2 N–H and O–H groups in total. The highest BCUT2D eigenvalue weighted by molar-refractivity contribution is 5.83. The van der Waals surface area contributed by atoms with Crippen LogP contribution in [0.5, 0.6) is 0 Å². The summed E-state index contributed by atoms with van der Waals surface area (Å²) in [5.41, 5.74) is -0.169. The van der Waals surface area contributed by atoms with E-state index in [-0.39, 0.29) is 11.3 Å². The van der Waals surface area contributed by atoms with Crippen LogP contribution < -0.4 is 10.6 Å². The lowest BCUT2D eigenvalue weighted by molar-refractivity contribution is -0.132. The average molecular weight is 270 g/mol. The summed E-state index contributed by atoms with van der Waals surface area (Å²) in [6, 6.07) is 0. The van der Waals surface area contributed by atoms with Crippen molar-refractivity contribution in [2.45, 2.75) is 52.4 Å². The number of rotatable bonds is 9. The van der Waals surface area contributed by atoms with Crippen LogP contribution in [0, 0.1) is 5.41 Å². The Bertz CT molecular complexity index is 245. The number of carbonyl (C=O) groups excluding carboxylic acids is 1. The Labute approximate surface area is 117 Å². The van der Waals surface area contributed by atoms with Gasteiger partial charge in [-0.2, -0.15) is 0 Å². The van der Waals surface area contributed by atoms with Gasteiger partial charge in [0.2, 0.25) is 5.91 Å². The van der Waals surface area contributed by atoms with Crippen LogP contribution in [0.2, 0.25) is 0 Å². The maximum Gasteiger partial charge on any atom is 0.227 e. The Morgan fingerprint density at radius 1 is 1.32 bits per heavy atom. The molecule has 0 saturated carbocycles. The molecule has 4 nitrogen and oxygen atoms in total. The third kappa shape index (κ3) is 5.49.